The van der Waals surface area contributed by atoms with Crippen LogP contribution in [-0.2, 0) is 14.1 Å². The maximum absolute atomic E-state index is 13.3. The molecule has 1 unspecified atom stereocenters. The van der Waals surface area contributed by atoms with Crippen LogP contribution in [0.15, 0.2) is 36.7 Å². The lowest BCUT2D eigenvalue weighted by atomic mass is 10.1. The number of anilines is 2. The van der Waals surface area contributed by atoms with E-state index in [9.17, 15) is 4.79 Å². The predicted molar refractivity (Wildman–Crippen MR) is 126 cm³/mol. The van der Waals surface area contributed by atoms with Gasteiger partial charge < -0.3 is 20.3 Å². The number of nitrogens with one attached hydrogen (secondary N) is 2. The molecule has 1 aliphatic heterocycles. The SMILES string of the molecule is CNC1CCN(c2ccc(C(=O)Nc3cc4cn(C)nc4cc3OC)c3nn(C)cc23)C1. The molecule has 4 aromatic rings. The predicted octanol–water partition coefficient (Wildman–Crippen LogP) is 2.52. The molecule has 9 nitrogen and oxygen atoms in total. The van der Waals surface area contributed by atoms with Gasteiger partial charge in [-0.05, 0) is 31.7 Å². The highest BCUT2D eigenvalue weighted by atomic mass is 16.5. The molecule has 0 radical (unpaired) electrons. The summed E-state index contributed by atoms with van der Waals surface area (Å²) in [7, 11) is 7.33. The minimum Gasteiger partial charge on any atom is -0.494 e. The van der Waals surface area contributed by atoms with Crippen LogP contribution in [0.3, 0.4) is 0 Å². The zero-order chi connectivity index (χ0) is 22.4. The zero-order valence-electron chi connectivity index (χ0n) is 18.7. The molecule has 1 aliphatic rings. The third-order valence-electron chi connectivity index (χ3n) is 6.14. The Morgan fingerprint density at radius 1 is 1.16 bits per heavy atom. The molecule has 9 heteroatoms. The molecular weight excluding hydrogens is 406 g/mol. The van der Waals surface area contributed by atoms with Crippen molar-refractivity contribution in [2.24, 2.45) is 14.1 Å². The highest BCUT2D eigenvalue weighted by Crippen LogP contribution is 2.33. The van der Waals surface area contributed by atoms with E-state index in [2.05, 4.69) is 25.7 Å². The van der Waals surface area contributed by atoms with E-state index in [-0.39, 0.29) is 5.91 Å². The van der Waals surface area contributed by atoms with Gasteiger partial charge in [0.05, 0.1) is 23.9 Å². The number of aryl methyl sites for hydroxylation is 2. The zero-order valence-corrected chi connectivity index (χ0v) is 18.7. The van der Waals surface area contributed by atoms with Gasteiger partial charge in [-0.25, -0.2) is 0 Å². The molecule has 0 saturated carbocycles. The van der Waals surface area contributed by atoms with Crippen LogP contribution in [0.1, 0.15) is 16.8 Å². The smallest absolute Gasteiger partial charge is 0.258 e. The summed E-state index contributed by atoms with van der Waals surface area (Å²) in [6.45, 7) is 1.91. The van der Waals surface area contributed by atoms with E-state index in [1.54, 1.807) is 16.5 Å². The fourth-order valence-corrected chi connectivity index (χ4v) is 4.51. The average Bonchev–Trinajstić information content (AvgIpc) is 3.48. The molecule has 166 valence electrons. The van der Waals surface area contributed by atoms with E-state index in [0.717, 1.165) is 41.5 Å². The average molecular weight is 434 g/mol. The Balaban J connectivity index is 1.51. The highest BCUT2D eigenvalue weighted by Gasteiger charge is 2.25. The van der Waals surface area contributed by atoms with E-state index in [1.807, 2.05) is 57.8 Å². The molecule has 0 spiro atoms. The van der Waals surface area contributed by atoms with Crippen LogP contribution < -0.4 is 20.3 Å². The summed E-state index contributed by atoms with van der Waals surface area (Å²) in [6, 6.07) is 8.07. The van der Waals surface area contributed by atoms with Crippen LogP contribution in [0.5, 0.6) is 5.75 Å². The van der Waals surface area contributed by atoms with Crippen molar-refractivity contribution in [3.8, 4) is 5.75 Å². The normalized spacial score (nSPS) is 16.2. The number of hydrogen-bond donors (Lipinski definition) is 2. The number of nitrogens with zero attached hydrogens (tertiary/aromatic N) is 5. The monoisotopic (exact) mass is 433 g/mol. The standard InChI is InChI=1S/C23H27N7O2/c1-24-15-7-8-30(12-15)20-6-5-16(22-17(20)13-29(3)27-22)23(31)25-19-9-14-11-28(2)26-18(14)10-21(19)32-4/h5-6,9-11,13,15,24H,7-8,12H2,1-4H3,(H,25,31). The van der Waals surface area contributed by atoms with E-state index < -0.39 is 0 Å². The highest BCUT2D eigenvalue weighted by molar-refractivity contribution is 6.14. The van der Waals surface area contributed by atoms with Gasteiger partial charge in [0.15, 0.2) is 0 Å². The largest absolute Gasteiger partial charge is 0.494 e. The van der Waals surface area contributed by atoms with Crippen molar-refractivity contribution < 1.29 is 9.53 Å². The first-order valence-electron chi connectivity index (χ1n) is 10.7. The minimum absolute atomic E-state index is 0.226. The van der Waals surface area contributed by atoms with Crippen LogP contribution >= 0.6 is 0 Å². The van der Waals surface area contributed by atoms with Gasteiger partial charge in [-0.2, -0.15) is 10.2 Å². The lowest BCUT2D eigenvalue weighted by Gasteiger charge is -2.20. The van der Waals surface area contributed by atoms with Crippen LogP contribution in [0, 0.1) is 0 Å². The Morgan fingerprint density at radius 2 is 1.97 bits per heavy atom. The number of rotatable bonds is 5. The van der Waals surface area contributed by atoms with Crippen LogP contribution in [-0.4, -0.2) is 58.8 Å². The summed E-state index contributed by atoms with van der Waals surface area (Å²) in [5.74, 6) is 0.338. The molecule has 2 aromatic carbocycles. The Hall–Kier alpha value is -3.59. The number of methoxy groups -OCH3 is 1. The summed E-state index contributed by atoms with van der Waals surface area (Å²) < 4.78 is 9.00. The Labute approximate surface area is 185 Å². The topological polar surface area (TPSA) is 89.2 Å². The van der Waals surface area contributed by atoms with Gasteiger partial charge in [0.1, 0.15) is 11.3 Å². The number of benzene rings is 2. The molecule has 1 atom stereocenters. The second-order valence-electron chi connectivity index (χ2n) is 8.29. The second kappa shape index (κ2) is 7.83. The van der Waals surface area contributed by atoms with E-state index >= 15 is 0 Å². The maximum atomic E-state index is 13.3. The number of carbonyl (C=O) groups is 1. The van der Waals surface area contributed by atoms with Crippen molar-refractivity contribution in [2.75, 3.05) is 37.5 Å². The molecule has 1 saturated heterocycles. The molecule has 0 bridgehead atoms. The summed E-state index contributed by atoms with van der Waals surface area (Å²) in [6.07, 6.45) is 4.98. The van der Waals surface area contributed by atoms with Crippen molar-refractivity contribution >= 4 is 39.1 Å². The van der Waals surface area contributed by atoms with Crippen LogP contribution in [0.25, 0.3) is 21.8 Å². The van der Waals surface area contributed by atoms with Crippen LogP contribution in [0.2, 0.25) is 0 Å². The molecule has 2 aromatic heterocycles. The van der Waals surface area contributed by atoms with Gasteiger partial charge in [-0.1, -0.05) is 0 Å². The third kappa shape index (κ3) is 3.44. The summed E-state index contributed by atoms with van der Waals surface area (Å²) in [5, 5.41) is 17.3. The summed E-state index contributed by atoms with van der Waals surface area (Å²) in [4.78, 5) is 15.7. The summed E-state index contributed by atoms with van der Waals surface area (Å²) in [5.41, 5.74) is 3.74. The van der Waals surface area contributed by atoms with Gasteiger partial charge >= 0.3 is 0 Å². The number of hydrogen-bond acceptors (Lipinski definition) is 6. The quantitative estimate of drug-likeness (QED) is 0.503. The Bertz CT molecular complexity index is 1320. The fraction of sp³-hybridized carbons (Fsp3) is 0.348. The van der Waals surface area contributed by atoms with Crippen molar-refractivity contribution in [2.45, 2.75) is 12.5 Å². The lowest BCUT2D eigenvalue weighted by molar-refractivity contribution is 0.102. The number of carbonyl (C=O) groups excluding carboxylic acids is 1. The van der Waals surface area contributed by atoms with E-state index in [1.165, 1.54) is 0 Å². The maximum Gasteiger partial charge on any atom is 0.258 e. The first kappa shape index (κ1) is 20.3. The van der Waals surface area contributed by atoms with E-state index in [4.69, 9.17) is 4.74 Å². The Morgan fingerprint density at radius 3 is 2.72 bits per heavy atom. The van der Waals surface area contributed by atoms with Gasteiger partial charge in [-0.3, -0.25) is 14.2 Å². The number of likely N-dealkylation sites (N-methyl/N-ethyl adjacent to an activating group) is 1. The van der Waals surface area contributed by atoms with Crippen molar-refractivity contribution in [1.82, 2.24) is 24.9 Å². The van der Waals surface area contributed by atoms with E-state index in [0.29, 0.717) is 28.6 Å². The molecule has 1 fully saturated rings. The molecular formula is C23H27N7O2. The van der Waals surface area contributed by atoms with Gasteiger partial charge in [0.2, 0.25) is 0 Å². The minimum atomic E-state index is -0.226. The molecule has 32 heavy (non-hydrogen) atoms. The second-order valence-corrected chi connectivity index (χ2v) is 8.29. The van der Waals surface area contributed by atoms with Crippen molar-refractivity contribution in [3.05, 3.63) is 42.2 Å². The first-order valence-corrected chi connectivity index (χ1v) is 10.7. The molecule has 2 N–H and O–H groups in total. The van der Waals surface area contributed by atoms with Crippen molar-refractivity contribution in [3.63, 3.8) is 0 Å². The fourth-order valence-electron chi connectivity index (χ4n) is 4.51. The lowest BCUT2D eigenvalue weighted by Crippen LogP contribution is -2.29. The third-order valence-corrected chi connectivity index (χ3v) is 6.14. The molecule has 0 aliphatic carbocycles. The molecule has 1 amide bonds. The van der Waals surface area contributed by atoms with Gasteiger partial charge in [-0.15, -0.1) is 0 Å². The number of ether oxygens (including phenoxy) is 1. The number of aromatic nitrogens is 4. The number of amides is 1. The summed E-state index contributed by atoms with van der Waals surface area (Å²) >= 11 is 0. The van der Waals surface area contributed by atoms with Crippen LogP contribution in [0.4, 0.5) is 11.4 Å². The van der Waals surface area contributed by atoms with Gasteiger partial charge in [0, 0.05) is 68.1 Å². The molecule has 5 rings (SSSR count). The van der Waals surface area contributed by atoms with Gasteiger partial charge in [0.25, 0.3) is 5.91 Å². The number of fused-ring (bicyclic) bond motifs is 2. The Kier molecular flexibility index (Phi) is 4.97. The molecule has 3 heterocycles. The van der Waals surface area contributed by atoms with Crippen molar-refractivity contribution in [1.29, 1.82) is 0 Å². The first-order chi connectivity index (χ1) is 15.5.